The van der Waals surface area contributed by atoms with Gasteiger partial charge in [0.25, 0.3) is 11.8 Å². The van der Waals surface area contributed by atoms with E-state index in [-0.39, 0.29) is 43.9 Å². The Labute approximate surface area is 292 Å². The van der Waals surface area contributed by atoms with Crippen LogP contribution in [0.5, 0.6) is 5.75 Å². The number of hydrogen-bond acceptors (Lipinski definition) is 7. The number of anilines is 1. The van der Waals surface area contributed by atoms with Crippen LogP contribution in [0, 0.1) is 43.3 Å². The standard InChI is InChI=1S/C38H35ClFN3O7/c1-19-16-21(17-20(2)33(19)46)32-26-13-14-27-31(36(49)42(34(27)47)15-3-4-30(44)45)28(26)18-29-35(48)43(41-25-11-9-24(40)10-12-25)37(50)38(29,32)22-5-7-23(39)8-6-22/h5-13,16-17,27-29,31-32,41,46H,3-4,14-15,18H2,1-2H3,(H,44,45). The summed E-state index contributed by atoms with van der Waals surface area (Å²) in [5.41, 5.74) is 4.77. The summed E-state index contributed by atoms with van der Waals surface area (Å²) in [6, 6.07) is 15.6. The number of hydrogen-bond donors (Lipinski definition) is 3. The van der Waals surface area contributed by atoms with E-state index in [4.69, 9.17) is 16.7 Å². The zero-order valence-corrected chi connectivity index (χ0v) is 28.1. The van der Waals surface area contributed by atoms with Crippen molar-refractivity contribution in [2.45, 2.75) is 50.9 Å². The Hall–Kier alpha value is -5.03. The number of aromatic hydroxyl groups is 1. The summed E-state index contributed by atoms with van der Waals surface area (Å²) in [4.78, 5) is 70.0. The number of nitrogens with one attached hydrogen (secondary N) is 1. The molecule has 3 aromatic rings. The molecule has 50 heavy (non-hydrogen) atoms. The molecule has 0 spiro atoms. The molecule has 1 saturated carbocycles. The van der Waals surface area contributed by atoms with Gasteiger partial charge in [-0.2, -0.15) is 5.01 Å². The van der Waals surface area contributed by atoms with Crippen LogP contribution in [0.4, 0.5) is 10.1 Å². The van der Waals surface area contributed by atoms with Crippen LogP contribution in [-0.2, 0) is 29.4 Å². The van der Waals surface area contributed by atoms with E-state index in [2.05, 4.69) is 5.43 Å². The Bertz CT molecular complexity index is 1960. The molecule has 10 nitrogen and oxygen atoms in total. The average Bonchev–Trinajstić information content (AvgIpc) is 3.45. The monoisotopic (exact) mass is 699 g/mol. The molecule has 0 bridgehead atoms. The van der Waals surface area contributed by atoms with Crippen LogP contribution in [0.1, 0.15) is 53.9 Å². The van der Waals surface area contributed by atoms with Gasteiger partial charge in [0.2, 0.25) is 11.8 Å². The fraction of sp³-hybridized carbons (Fsp3) is 0.342. The van der Waals surface area contributed by atoms with Crippen molar-refractivity contribution in [3.05, 3.63) is 105 Å². The van der Waals surface area contributed by atoms with E-state index in [1.807, 2.05) is 6.08 Å². The highest BCUT2D eigenvalue weighted by molar-refractivity contribution is 6.30. The van der Waals surface area contributed by atoms with Crippen molar-refractivity contribution in [3.8, 4) is 5.75 Å². The van der Waals surface area contributed by atoms with Crippen molar-refractivity contribution >= 4 is 46.9 Å². The number of aryl methyl sites for hydroxylation is 2. The van der Waals surface area contributed by atoms with Crippen molar-refractivity contribution in [2.24, 2.45) is 23.7 Å². The number of amides is 4. The Balaban J connectivity index is 1.42. The summed E-state index contributed by atoms with van der Waals surface area (Å²) in [5, 5.41) is 21.4. The number of carbonyl (C=O) groups excluding carboxylic acids is 4. The second-order valence-electron chi connectivity index (χ2n) is 13.7. The molecule has 4 amide bonds. The quantitative estimate of drug-likeness (QED) is 0.202. The number of halogens is 2. The fourth-order valence-corrected chi connectivity index (χ4v) is 8.99. The third-order valence-electron chi connectivity index (χ3n) is 11.0. The fourth-order valence-electron chi connectivity index (χ4n) is 8.86. The smallest absolute Gasteiger partial charge is 0.303 e. The van der Waals surface area contributed by atoms with Gasteiger partial charge in [-0.15, -0.1) is 0 Å². The van der Waals surface area contributed by atoms with Gasteiger partial charge in [0.05, 0.1) is 28.9 Å². The van der Waals surface area contributed by atoms with Crippen molar-refractivity contribution in [1.29, 1.82) is 0 Å². The lowest BCUT2D eigenvalue weighted by molar-refractivity contribution is -0.142. The van der Waals surface area contributed by atoms with E-state index in [0.717, 1.165) is 15.5 Å². The van der Waals surface area contributed by atoms with Crippen molar-refractivity contribution < 1.29 is 38.6 Å². The van der Waals surface area contributed by atoms with E-state index >= 15 is 4.79 Å². The predicted octanol–water partition coefficient (Wildman–Crippen LogP) is 5.65. The predicted molar refractivity (Wildman–Crippen MR) is 180 cm³/mol. The highest BCUT2D eigenvalue weighted by atomic mass is 35.5. The maximum absolute atomic E-state index is 15.2. The first kappa shape index (κ1) is 33.5. The molecular weight excluding hydrogens is 665 g/mol. The number of rotatable bonds is 8. The molecule has 4 aliphatic rings. The Kier molecular flexibility index (Phi) is 8.29. The topological polar surface area (TPSA) is 144 Å². The molecule has 12 heteroatoms. The molecule has 2 aliphatic carbocycles. The lowest BCUT2D eigenvalue weighted by Gasteiger charge is -2.50. The molecule has 6 atom stereocenters. The minimum atomic E-state index is -1.54. The number of allylic oxidation sites excluding steroid dienone is 2. The number of hydrazine groups is 1. The second-order valence-corrected chi connectivity index (χ2v) is 14.1. The SMILES string of the molecule is Cc1cc(C2C3=CCC4C(=O)N(CCCC(=O)O)C(=O)C4C3CC3C(=O)N(Nc4ccc(F)cc4)C(=O)C32c2ccc(Cl)cc2)cc(C)c1O. The molecule has 3 N–H and O–H groups in total. The highest BCUT2D eigenvalue weighted by Gasteiger charge is 2.70. The molecule has 2 saturated heterocycles. The highest BCUT2D eigenvalue weighted by Crippen LogP contribution is 2.64. The molecule has 3 aromatic carbocycles. The van der Waals surface area contributed by atoms with Crippen LogP contribution in [0.3, 0.4) is 0 Å². The average molecular weight is 700 g/mol. The first-order valence-electron chi connectivity index (χ1n) is 16.6. The van der Waals surface area contributed by atoms with Gasteiger partial charge in [-0.1, -0.05) is 47.5 Å². The molecule has 6 unspecified atom stereocenters. The van der Waals surface area contributed by atoms with Gasteiger partial charge in [0.1, 0.15) is 11.6 Å². The van der Waals surface area contributed by atoms with Gasteiger partial charge < -0.3 is 10.2 Å². The summed E-state index contributed by atoms with van der Waals surface area (Å²) in [6.07, 6.45) is 2.16. The number of carbonyl (C=O) groups is 5. The molecule has 7 rings (SSSR count). The summed E-state index contributed by atoms with van der Waals surface area (Å²) >= 11 is 6.33. The molecule has 0 radical (unpaired) electrons. The molecule has 258 valence electrons. The largest absolute Gasteiger partial charge is 0.507 e. The zero-order chi connectivity index (χ0) is 35.6. The summed E-state index contributed by atoms with van der Waals surface area (Å²) < 4.78 is 13.8. The summed E-state index contributed by atoms with van der Waals surface area (Å²) in [6.45, 7) is 3.48. The molecule has 0 aromatic heterocycles. The third-order valence-corrected chi connectivity index (χ3v) is 11.2. The van der Waals surface area contributed by atoms with Crippen LogP contribution < -0.4 is 5.43 Å². The number of aliphatic carboxylic acids is 1. The maximum Gasteiger partial charge on any atom is 0.303 e. The van der Waals surface area contributed by atoms with Crippen molar-refractivity contribution in [3.63, 3.8) is 0 Å². The number of likely N-dealkylation sites (tertiary alicyclic amines) is 1. The molecule has 3 fully saturated rings. The first-order chi connectivity index (χ1) is 23.8. The Morgan fingerprint density at radius 1 is 0.960 bits per heavy atom. The number of carboxylic acids is 1. The molecule has 2 heterocycles. The number of nitrogens with zero attached hydrogens (tertiary/aromatic N) is 2. The van der Waals surface area contributed by atoms with Gasteiger partial charge in [-0.25, -0.2) is 4.39 Å². The second kappa shape index (κ2) is 12.4. The van der Waals surface area contributed by atoms with Crippen LogP contribution in [-0.4, -0.2) is 56.3 Å². The van der Waals surface area contributed by atoms with Crippen LogP contribution >= 0.6 is 11.6 Å². The van der Waals surface area contributed by atoms with E-state index in [9.17, 15) is 28.7 Å². The third kappa shape index (κ3) is 5.09. The van der Waals surface area contributed by atoms with Gasteiger partial charge in [-0.3, -0.25) is 34.3 Å². The van der Waals surface area contributed by atoms with Gasteiger partial charge in [0, 0.05) is 23.9 Å². The maximum atomic E-state index is 15.2. The number of carboxylic acid groups (broad SMARTS) is 1. The van der Waals surface area contributed by atoms with Gasteiger partial charge >= 0.3 is 5.97 Å². The van der Waals surface area contributed by atoms with Gasteiger partial charge in [0.15, 0.2) is 0 Å². The summed E-state index contributed by atoms with van der Waals surface area (Å²) in [5.74, 6) is -7.17. The van der Waals surface area contributed by atoms with Crippen LogP contribution in [0.2, 0.25) is 5.02 Å². The summed E-state index contributed by atoms with van der Waals surface area (Å²) in [7, 11) is 0. The number of phenolic OH excluding ortho intramolecular Hbond substituents is 1. The molecule has 2 aliphatic heterocycles. The van der Waals surface area contributed by atoms with Crippen LogP contribution in [0.15, 0.2) is 72.3 Å². The van der Waals surface area contributed by atoms with Crippen LogP contribution in [0.25, 0.3) is 0 Å². The number of phenols is 1. The van der Waals surface area contributed by atoms with E-state index in [0.29, 0.717) is 33.0 Å². The van der Waals surface area contributed by atoms with E-state index in [1.54, 1.807) is 50.2 Å². The first-order valence-corrected chi connectivity index (χ1v) is 17.0. The zero-order valence-electron chi connectivity index (χ0n) is 27.4. The lowest BCUT2D eigenvalue weighted by Crippen LogP contribution is -2.53. The minimum absolute atomic E-state index is 0.0241. The number of benzene rings is 3. The van der Waals surface area contributed by atoms with E-state index in [1.165, 1.54) is 24.3 Å². The van der Waals surface area contributed by atoms with E-state index < -0.39 is 64.5 Å². The number of fused-ring (bicyclic) bond motifs is 4. The number of imide groups is 2. The minimum Gasteiger partial charge on any atom is -0.507 e. The molecular formula is C38H35ClFN3O7. The Morgan fingerprint density at radius 3 is 2.26 bits per heavy atom. The Morgan fingerprint density at radius 2 is 1.62 bits per heavy atom. The van der Waals surface area contributed by atoms with Gasteiger partial charge in [-0.05, 0) is 97.7 Å². The normalized spacial score (nSPS) is 27.2. The van der Waals surface area contributed by atoms with Crippen molar-refractivity contribution in [1.82, 2.24) is 9.91 Å². The lowest BCUT2D eigenvalue weighted by atomic mass is 9.49. The van der Waals surface area contributed by atoms with Crippen molar-refractivity contribution in [2.75, 3.05) is 12.0 Å².